The monoisotopic (exact) mass is 368 g/mol. The molecule has 0 bridgehead atoms. The van der Waals surface area contributed by atoms with E-state index in [1.807, 2.05) is 45.0 Å². The van der Waals surface area contributed by atoms with Gasteiger partial charge >= 0.3 is 0 Å². The summed E-state index contributed by atoms with van der Waals surface area (Å²) in [7, 11) is 0. The van der Waals surface area contributed by atoms with Gasteiger partial charge in [0.1, 0.15) is 5.75 Å². The summed E-state index contributed by atoms with van der Waals surface area (Å²) in [6, 6.07) is 7.41. The van der Waals surface area contributed by atoms with Crippen LogP contribution in [0.2, 0.25) is 0 Å². The highest BCUT2D eigenvalue weighted by Gasteiger charge is 2.15. The van der Waals surface area contributed by atoms with Crippen molar-refractivity contribution in [2.24, 2.45) is 5.73 Å². The second-order valence-corrected chi connectivity index (χ2v) is 6.18. The van der Waals surface area contributed by atoms with Crippen molar-refractivity contribution in [3.63, 3.8) is 0 Å². The van der Waals surface area contributed by atoms with Gasteiger partial charge < -0.3 is 15.8 Å². The number of anilines is 1. The molecule has 0 atom stereocenters. The number of rotatable bonds is 7. The highest BCUT2D eigenvalue weighted by atomic mass is 16.5. The fourth-order valence-corrected chi connectivity index (χ4v) is 3.00. The largest absolute Gasteiger partial charge is 0.492 e. The Morgan fingerprint density at radius 2 is 2.04 bits per heavy atom. The van der Waals surface area contributed by atoms with Gasteiger partial charge in [0.15, 0.2) is 5.82 Å². The predicted octanol–water partition coefficient (Wildman–Crippen LogP) is 2.17. The van der Waals surface area contributed by atoms with Crippen LogP contribution in [-0.2, 0) is 17.8 Å². The summed E-state index contributed by atoms with van der Waals surface area (Å²) in [5.41, 5.74) is 9.05. The average Bonchev–Trinajstić information content (AvgIpc) is 3.06. The van der Waals surface area contributed by atoms with Crippen molar-refractivity contribution in [3.05, 3.63) is 47.0 Å². The minimum Gasteiger partial charge on any atom is -0.492 e. The maximum Gasteiger partial charge on any atom is 0.252 e. The fourth-order valence-electron chi connectivity index (χ4n) is 3.00. The highest BCUT2D eigenvalue weighted by molar-refractivity contribution is 5.92. The molecule has 0 unspecified atom stereocenters. The van der Waals surface area contributed by atoms with Crippen LogP contribution in [0.1, 0.15) is 36.1 Å². The molecule has 0 aliphatic rings. The zero-order chi connectivity index (χ0) is 19.4. The van der Waals surface area contributed by atoms with Crippen LogP contribution < -0.4 is 15.8 Å². The van der Waals surface area contributed by atoms with Gasteiger partial charge in [0.25, 0.3) is 5.78 Å². The molecule has 8 heteroatoms. The SMILES string of the molecule is CCOc1ccccc1NC(=O)CCc1c(C)nc2nc(CN)nn2c1C. The Morgan fingerprint density at radius 1 is 1.26 bits per heavy atom. The second kappa shape index (κ2) is 8.13. The Balaban J connectivity index is 1.74. The van der Waals surface area contributed by atoms with E-state index < -0.39 is 0 Å². The maximum absolute atomic E-state index is 12.4. The first-order valence-corrected chi connectivity index (χ1v) is 8.97. The molecular formula is C19H24N6O2. The van der Waals surface area contributed by atoms with Gasteiger partial charge in [-0.3, -0.25) is 4.79 Å². The molecule has 0 saturated carbocycles. The van der Waals surface area contributed by atoms with Crippen molar-refractivity contribution in [1.29, 1.82) is 0 Å². The minimum atomic E-state index is -0.0812. The molecule has 0 radical (unpaired) electrons. The molecule has 1 aromatic carbocycles. The number of nitrogens with one attached hydrogen (secondary N) is 1. The summed E-state index contributed by atoms with van der Waals surface area (Å²) < 4.78 is 7.23. The summed E-state index contributed by atoms with van der Waals surface area (Å²) in [6.45, 7) is 6.59. The second-order valence-electron chi connectivity index (χ2n) is 6.18. The number of hydrogen-bond donors (Lipinski definition) is 2. The van der Waals surface area contributed by atoms with Crippen LogP contribution in [0.5, 0.6) is 5.75 Å². The molecule has 8 nitrogen and oxygen atoms in total. The first-order valence-electron chi connectivity index (χ1n) is 8.97. The maximum atomic E-state index is 12.4. The number of ether oxygens (including phenoxy) is 1. The Hall–Kier alpha value is -3.00. The van der Waals surface area contributed by atoms with E-state index in [2.05, 4.69) is 20.4 Å². The molecule has 0 spiro atoms. The molecule has 0 aliphatic heterocycles. The van der Waals surface area contributed by atoms with Crippen LogP contribution >= 0.6 is 0 Å². The van der Waals surface area contributed by atoms with Crippen molar-refractivity contribution in [3.8, 4) is 5.75 Å². The van der Waals surface area contributed by atoms with E-state index >= 15 is 0 Å². The predicted molar refractivity (Wildman–Crippen MR) is 103 cm³/mol. The average molecular weight is 368 g/mol. The summed E-state index contributed by atoms with van der Waals surface area (Å²) in [6.07, 6.45) is 0.884. The van der Waals surface area contributed by atoms with E-state index in [-0.39, 0.29) is 12.5 Å². The van der Waals surface area contributed by atoms with Gasteiger partial charge in [0, 0.05) is 17.8 Å². The van der Waals surface area contributed by atoms with Gasteiger partial charge in [0.05, 0.1) is 18.8 Å². The Morgan fingerprint density at radius 3 is 2.78 bits per heavy atom. The molecule has 1 amide bonds. The number of para-hydroxylation sites is 2. The third-order valence-electron chi connectivity index (χ3n) is 4.34. The van der Waals surface area contributed by atoms with E-state index in [0.717, 1.165) is 17.0 Å². The lowest BCUT2D eigenvalue weighted by molar-refractivity contribution is -0.116. The summed E-state index contributed by atoms with van der Waals surface area (Å²) in [4.78, 5) is 21.2. The number of aromatic nitrogens is 4. The molecule has 3 N–H and O–H groups in total. The zero-order valence-corrected chi connectivity index (χ0v) is 15.8. The zero-order valence-electron chi connectivity index (χ0n) is 15.8. The smallest absolute Gasteiger partial charge is 0.252 e. The number of carbonyl (C=O) groups is 1. The number of aryl methyl sites for hydroxylation is 2. The lowest BCUT2D eigenvalue weighted by atomic mass is 10.1. The lowest BCUT2D eigenvalue weighted by Crippen LogP contribution is -2.15. The van der Waals surface area contributed by atoms with Crippen molar-refractivity contribution < 1.29 is 9.53 Å². The van der Waals surface area contributed by atoms with Crippen molar-refractivity contribution in [2.75, 3.05) is 11.9 Å². The van der Waals surface area contributed by atoms with E-state index in [1.165, 1.54) is 0 Å². The van der Waals surface area contributed by atoms with Crippen molar-refractivity contribution >= 4 is 17.4 Å². The van der Waals surface area contributed by atoms with Gasteiger partial charge in [-0.05, 0) is 44.9 Å². The normalized spacial score (nSPS) is 11.0. The summed E-state index contributed by atoms with van der Waals surface area (Å²) >= 11 is 0. The minimum absolute atomic E-state index is 0.0812. The number of nitrogens with zero attached hydrogens (tertiary/aromatic N) is 4. The lowest BCUT2D eigenvalue weighted by Gasteiger charge is -2.12. The highest BCUT2D eigenvalue weighted by Crippen LogP contribution is 2.24. The van der Waals surface area contributed by atoms with Crippen LogP contribution in [0.3, 0.4) is 0 Å². The Labute approximate surface area is 157 Å². The van der Waals surface area contributed by atoms with Gasteiger partial charge in [-0.2, -0.15) is 4.98 Å². The Kier molecular flexibility index (Phi) is 5.66. The molecule has 0 aliphatic carbocycles. The standard InChI is InChI=1S/C19H24N6O2/c1-4-27-16-8-6-5-7-15(16)22-18(26)10-9-14-12(2)21-19-23-17(11-20)24-25(19)13(14)3/h5-8H,4,9-11,20H2,1-3H3,(H,22,26). The van der Waals surface area contributed by atoms with E-state index in [0.29, 0.717) is 42.5 Å². The van der Waals surface area contributed by atoms with Crippen molar-refractivity contribution in [2.45, 2.75) is 40.2 Å². The molecule has 142 valence electrons. The van der Waals surface area contributed by atoms with Crippen LogP contribution in [-0.4, -0.2) is 32.1 Å². The van der Waals surface area contributed by atoms with Crippen LogP contribution in [0.4, 0.5) is 5.69 Å². The fraction of sp³-hybridized carbons (Fsp3) is 0.368. The van der Waals surface area contributed by atoms with Crippen LogP contribution in [0.25, 0.3) is 5.78 Å². The molecule has 0 fully saturated rings. The number of benzene rings is 1. The quantitative estimate of drug-likeness (QED) is 0.662. The van der Waals surface area contributed by atoms with Gasteiger partial charge in [-0.15, -0.1) is 5.10 Å². The molecule has 2 heterocycles. The molecule has 2 aromatic heterocycles. The van der Waals surface area contributed by atoms with Crippen molar-refractivity contribution in [1.82, 2.24) is 19.6 Å². The molecular weight excluding hydrogens is 344 g/mol. The number of nitrogens with two attached hydrogens (primary N) is 1. The Bertz CT molecular complexity index is 966. The van der Waals surface area contributed by atoms with Crippen LogP contribution in [0, 0.1) is 13.8 Å². The number of amides is 1. The number of fused-ring (bicyclic) bond motifs is 1. The molecule has 0 saturated heterocycles. The molecule has 3 rings (SSSR count). The first kappa shape index (κ1) is 18.8. The molecule has 3 aromatic rings. The summed E-state index contributed by atoms with van der Waals surface area (Å²) in [5.74, 6) is 1.67. The van der Waals surface area contributed by atoms with Gasteiger partial charge in [-0.25, -0.2) is 9.50 Å². The molecule has 27 heavy (non-hydrogen) atoms. The first-order chi connectivity index (χ1) is 13.0. The van der Waals surface area contributed by atoms with Crippen LogP contribution in [0.15, 0.2) is 24.3 Å². The van der Waals surface area contributed by atoms with Gasteiger partial charge in [-0.1, -0.05) is 12.1 Å². The third-order valence-corrected chi connectivity index (χ3v) is 4.34. The van der Waals surface area contributed by atoms with E-state index in [1.54, 1.807) is 4.52 Å². The van der Waals surface area contributed by atoms with E-state index in [4.69, 9.17) is 10.5 Å². The summed E-state index contributed by atoms with van der Waals surface area (Å²) in [5, 5.41) is 7.28. The van der Waals surface area contributed by atoms with Gasteiger partial charge in [0.2, 0.25) is 5.91 Å². The third kappa shape index (κ3) is 4.06. The number of hydrogen-bond acceptors (Lipinski definition) is 6. The topological polar surface area (TPSA) is 107 Å². The number of carbonyl (C=O) groups excluding carboxylic acids is 1. The van der Waals surface area contributed by atoms with E-state index in [9.17, 15) is 4.79 Å².